The third-order valence-electron chi connectivity index (χ3n) is 5.98. The van der Waals surface area contributed by atoms with Crippen LogP contribution in [0.2, 0.25) is 0 Å². The maximum Gasteiger partial charge on any atom is 0.301 e. The second-order valence-corrected chi connectivity index (χ2v) is 8.94. The molecule has 1 fully saturated rings. The lowest BCUT2D eigenvalue weighted by molar-refractivity contribution is -0.132. The lowest BCUT2D eigenvalue weighted by Gasteiger charge is -2.24. The van der Waals surface area contributed by atoms with Crippen molar-refractivity contribution in [3.05, 3.63) is 95.1 Å². The summed E-state index contributed by atoms with van der Waals surface area (Å²) in [5, 5.41) is 11.6. The van der Waals surface area contributed by atoms with Crippen LogP contribution in [-0.2, 0) is 16.0 Å². The number of aryl methyl sites for hydroxylation is 1. The predicted molar refractivity (Wildman–Crippen MR) is 133 cm³/mol. The number of fused-ring (bicyclic) bond motifs is 1. The van der Waals surface area contributed by atoms with E-state index in [1.807, 2.05) is 30.3 Å². The first-order valence-corrected chi connectivity index (χ1v) is 11.7. The van der Waals surface area contributed by atoms with Crippen molar-refractivity contribution in [2.45, 2.75) is 19.4 Å². The van der Waals surface area contributed by atoms with E-state index in [1.165, 1.54) is 23.3 Å². The number of carbonyl (C=O) groups excluding carboxylic acids is 2. The van der Waals surface area contributed by atoms with E-state index in [9.17, 15) is 14.7 Å². The van der Waals surface area contributed by atoms with Gasteiger partial charge in [-0.05, 0) is 30.2 Å². The number of methoxy groups -OCH3 is 1. The molecule has 1 aromatic heterocycles. The van der Waals surface area contributed by atoms with Crippen LogP contribution in [0.25, 0.3) is 16.0 Å². The van der Waals surface area contributed by atoms with Crippen molar-refractivity contribution >= 4 is 44.1 Å². The van der Waals surface area contributed by atoms with Crippen LogP contribution in [0.4, 0.5) is 5.13 Å². The monoisotopic (exact) mass is 470 g/mol. The van der Waals surface area contributed by atoms with E-state index in [-0.39, 0.29) is 11.3 Å². The van der Waals surface area contributed by atoms with Crippen LogP contribution in [0, 0.1) is 0 Å². The number of thiazole rings is 1. The Kier molecular flexibility index (Phi) is 5.63. The van der Waals surface area contributed by atoms with Gasteiger partial charge in [0, 0.05) is 11.1 Å². The normalized spacial score (nSPS) is 17.5. The fourth-order valence-corrected chi connectivity index (χ4v) is 5.30. The van der Waals surface area contributed by atoms with Crippen LogP contribution < -0.4 is 9.64 Å². The molecular formula is C27H22N2O4S. The number of para-hydroxylation sites is 1. The first kappa shape index (κ1) is 21.9. The number of benzene rings is 3. The molecule has 1 N–H and O–H groups in total. The van der Waals surface area contributed by atoms with Crippen LogP contribution >= 0.6 is 11.3 Å². The molecule has 1 amide bonds. The van der Waals surface area contributed by atoms with Gasteiger partial charge in [0.25, 0.3) is 5.78 Å². The molecule has 4 aromatic rings. The van der Waals surface area contributed by atoms with Gasteiger partial charge < -0.3 is 9.84 Å². The minimum Gasteiger partial charge on any atom is -0.507 e. The highest BCUT2D eigenvalue weighted by Gasteiger charge is 2.49. The predicted octanol–water partition coefficient (Wildman–Crippen LogP) is 5.49. The number of Topliss-reactive ketones (excluding diaryl/α,β-unsaturated/α-hetero) is 1. The van der Waals surface area contributed by atoms with Crippen LogP contribution in [0.5, 0.6) is 5.75 Å². The van der Waals surface area contributed by atoms with Crippen molar-refractivity contribution in [2.75, 3.05) is 12.0 Å². The second kappa shape index (κ2) is 8.76. The van der Waals surface area contributed by atoms with Crippen LogP contribution in [-0.4, -0.2) is 28.9 Å². The maximum absolute atomic E-state index is 13.4. The Labute approximate surface area is 200 Å². The van der Waals surface area contributed by atoms with E-state index in [0.717, 1.165) is 22.2 Å². The Hall–Kier alpha value is -3.97. The fourth-order valence-electron chi connectivity index (χ4n) is 4.25. The topological polar surface area (TPSA) is 79.7 Å². The number of hydrogen-bond acceptors (Lipinski definition) is 6. The van der Waals surface area contributed by atoms with Crippen LogP contribution in [0.1, 0.15) is 29.7 Å². The molecular weight excluding hydrogens is 448 g/mol. The fraction of sp³-hybridized carbons (Fsp3) is 0.148. The Morgan fingerprint density at radius 3 is 2.53 bits per heavy atom. The number of amides is 1. The molecule has 3 aromatic carbocycles. The molecule has 170 valence electrons. The molecule has 7 heteroatoms. The van der Waals surface area contributed by atoms with Crippen molar-refractivity contribution in [3.8, 4) is 5.75 Å². The highest BCUT2D eigenvalue weighted by molar-refractivity contribution is 7.22. The van der Waals surface area contributed by atoms with E-state index in [4.69, 9.17) is 4.74 Å². The number of carbonyl (C=O) groups is 2. The summed E-state index contributed by atoms with van der Waals surface area (Å²) in [6.07, 6.45) is 0.881. The third-order valence-corrected chi connectivity index (χ3v) is 7.00. The van der Waals surface area contributed by atoms with Gasteiger partial charge in [-0.3, -0.25) is 14.5 Å². The summed E-state index contributed by atoms with van der Waals surface area (Å²) in [5.74, 6) is -1.21. The van der Waals surface area contributed by atoms with Crippen molar-refractivity contribution in [2.24, 2.45) is 0 Å². The zero-order valence-corrected chi connectivity index (χ0v) is 19.5. The van der Waals surface area contributed by atoms with Crippen molar-refractivity contribution < 1.29 is 19.4 Å². The zero-order chi connectivity index (χ0) is 23.8. The largest absolute Gasteiger partial charge is 0.507 e. The molecule has 0 radical (unpaired) electrons. The molecule has 0 aliphatic carbocycles. The molecule has 0 bridgehead atoms. The van der Waals surface area contributed by atoms with Crippen molar-refractivity contribution in [1.82, 2.24) is 4.98 Å². The molecule has 1 saturated heterocycles. The van der Waals surface area contributed by atoms with E-state index in [2.05, 4.69) is 18.0 Å². The molecule has 2 heterocycles. The van der Waals surface area contributed by atoms with Crippen molar-refractivity contribution in [1.29, 1.82) is 0 Å². The highest BCUT2D eigenvalue weighted by Crippen LogP contribution is 2.46. The number of aliphatic hydroxyl groups excluding tert-OH is 1. The van der Waals surface area contributed by atoms with E-state index >= 15 is 0 Å². The van der Waals surface area contributed by atoms with Gasteiger partial charge in [0.2, 0.25) is 0 Å². The summed E-state index contributed by atoms with van der Waals surface area (Å²) in [6, 6.07) is 21.0. The summed E-state index contributed by atoms with van der Waals surface area (Å²) in [4.78, 5) is 32.8. The lowest BCUT2D eigenvalue weighted by atomic mass is 9.95. The molecule has 0 spiro atoms. The number of aliphatic hydroxyl groups is 1. The van der Waals surface area contributed by atoms with Gasteiger partial charge in [0.1, 0.15) is 17.6 Å². The lowest BCUT2D eigenvalue weighted by Crippen LogP contribution is -2.29. The number of aromatic nitrogens is 1. The molecule has 5 rings (SSSR count). The van der Waals surface area contributed by atoms with Gasteiger partial charge in [0.05, 0.1) is 22.9 Å². The molecule has 0 unspecified atom stereocenters. The molecule has 0 saturated carbocycles. The first-order valence-electron chi connectivity index (χ1n) is 10.9. The number of hydrogen-bond donors (Lipinski definition) is 1. The van der Waals surface area contributed by atoms with E-state index < -0.39 is 17.7 Å². The summed E-state index contributed by atoms with van der Waals surface area (Å²) in [6.45, 7) is 2.08. The van der Waals surface area contributed by atoms with E-state index in [1.54, 1.807) is 36.4 Å². The number of nitrogens with zero attached hydrogens (tertiary/aromatic N) is 2. The minimum absolute atomic E-state index is 0.00852. The molecule has 34 heavy (non-hydrogen) atoms. The molecule has 1 aliphatic heterocycles. The van der Waals surface area contributed by atoms with Crippen molar-refractivity contribution in [3.63, 3.8) is 0 Å². The van der Waals surface area contributed by atoms with Gasteiger partial charge in [0.15, 0.2) is 5.13 Å². The number of ether oxygens (including phenoxy) is 1. The molecule has 6 nitrogen and oxygen atoms in total. The summed E-state index contributed by atoms with van der Waals surface area (Å²) >= 11 is 1.35. The average molecular weight is 471 g/mol. The Bertz CT molecular complexity index is 1440. The standard InChI is InChI=1S/C27H22N2O4S/c1-3-16-13-14-19-21(15-16)34-27(28-19)29-23(18-11-7-8-12-20(18)33-2)22(25(31)26(29)32)24(30)17-9-5-4-6-10-17/h4-15,23,30H,3H2,1-2H3/t23-/m1/s1. The maximum atomic E-state index is 13.4. The van der Waals surface area contributed by atoms with Gasteiger partial charge in [-0.1, -0.05) is 72.9 Å². The van der Waals surface area contributed by atoms with Gasteiger partial charge >= 0.3 is 5.91 Å². The molecule has 1 aliphatic rings. The Morgan fingerprint density at radius 2 is 1.79 bits per heavy atom. The highest BCUT2D eigenvalue weighted by atomic mass is 32.1. The smallest absolute Gasteiger partial charge is 0.301 e. The summed E-state index contributed by atoms with van der Waals surface area (Å²) < 4.78 is 6.49. The Morgan fingerprint density at radius 1 is 1.06 bits per heavy atom. The summed E-state index contributed by atoms with van der Waals surface area (Å²) in [5.41, 5.74) is 2.97. The number of anilines is 1. The molecule has 1 atom stereocenters. The quantitative estimate of drug-likeness (QED) is 0.237. The van der Waals surface area contributed by atoms with Crippen LogP contribution in [0.3, 0.4) is 0 Å². The summed E-state index contributed by atoms with van der Waals surface area (Å²) in [7, 11) is 1.53. The number of ketones is 1. The average Bonchev–Trinajstić information content (AvgIpc) is 3.41. The van der Waals surface area contributed by atoms with Gasteiger partial charge in [-0.25, -0.2) is 4.98 Å². The Balaban J connectivity index is 1.75. The van der Waals surface area contributed by atoms with Gasteiger partial charge in [-0.15, -0.1) is 0 Å². The van der Waals surface area contributed by atoms with Crippen LogP contribution in [0.15, 0.2) is 78.4 Å². The first-order chi connectivity index (χ1) is 16.5. The van der Waals surface area contributed by atoms with E-state index in [0.29, 0.717) is 22.0 Å². The number of rotatable bonds is 5. The zero-order valence-electron chi connectivity index (χ0n) is 18.7. The minimum atomic E-state index is -0.887. The third kappa shape index (κ3) is 3.54. The SMILES string of the molecule is CCc1ccc2nc(N3C(=O)C(=O)C(=C(O)c4ccccc4)[C@H]3c3ccccc3OC)sc2c1. The van der Waals surface area contributed by atoms with Gasteiger partial charge in [-0.2, -0.15) is 0 Å². The second-order valence-electron chi connectivity index (χ2n) is 7.93.